The van der Waals surface area contributed by atoms with Crippen molar-refractivity contribution in [2.45, 2.75) is 38.3 Å². The molecule has 0 bridgehead atoms. The Morgan fingerprint density at radius 3 is 2.72 bits per heavy atom. The molecule has 25 heavy (non-hydrogen) atoms. The summed E-state index contributed by atoms with van der Waals surface area (Å²) in [7, 11) is 1.42. The number of ether oxygens (including phenoxy) is 2. The number of benzene rings is 1. The van der Waals surface area contributed by atoms with Crippen molar-refractivity contribution in [2.24, 2.45) is 0 Å². The van der Waals surface area contributed by atoms with Gasteiger partial charge in [-0.15, -0.1) is 0 Å². The summed E-state index contributed by atoms with van der Waals surface area (Å²) in [5.41, 5.74) is 1.69. The minimum atomic E-state index is -0.463. The van der Waals surface area contributed by atoms with E-state index in [1.165, 1.54) is 26.0 Å². The van der Waals surface area contributed by atoms with Gasteiger partial charge in [0.2, 0.25) is 5.88 Å². The van der Waals surface area contributed by atoms with Crippen molar-refractivity contribution < 1.29 is 14.4 Å². The molecule has 2 aromatic rings. The van der Waals surface area contributed by atoms with Crippen molar-refractivity contribution >= 4 is 11.4 Å². The number of aromatic nitrogens is 1. The van der Waals surface area contributed by atoms with Gasteiger partial charge in [0.25, 0.3) is 0 Å². The fraction of sp³-hybridized carbons (Fsp3) is 0.389. The third-order valence-electron chi connectivity index (χ3n) is 4.26. The van der Waals surface area contributed by atoms with Crippen LogP contribution in [0, 0.1) is 10.1 Å². The third-order valence-corrected chi connectivity index (χ3v) is 4.26. The van der Waals surface area contributed by atoms with Crippen molar-refractivity contribution in [1.29, 1.82) is 0 Å². The number of nitrogens with zero attached hydrogens (tertiary/aromatic N) is 2. The van der Waals surface area contributed by atoms with E-state index in [4.69, 9.17) is 9.47 Å². The zero-order chi connectivity index (χ0) is 17.6. The lowest BCUT2D eigenvalue weighted by Gasteiger charge is -2.12. The Bertz CT molecular complexity index is 728. The van der Waals surface area contributed by atoms with Crippen molar-refractivity contribution in [1.82, 2.24) is 4.98 Å². The molecule has 1 fully saturated rings. The summed E-state index contributed by atoms with van der Waals surface area (Å²) in [5, 5.41) is 14.1. The topological polar surface area (TPSA) is 86.5 Å². The molecule has 7 heteroatoms. The molecule has 1 N–H and O–H groups in total. The number of nitro benzene ring substituents is 1. The van der Waals surface area contributed by atoms with Crippen LogP contribution in [0.5, 0.6) is 11.6 Å². The molecular weight excluding hydrogens is 322 g/mol. The Morgan fingerprint density at radius 1 is 1.28 bits per heavy atom. The molecule has 1 heterocycles. The fourth-order valence-electron chi connectivity index (χ4n) is 2.90. The molecule has 0 radical (unpaired) electrons. The Labute approximate surface area is 146 Å². The van der Waals surface area contributed by atoms with E-state index >= 15 is 0 Å². The van der Waals surface area contributed by atoms with E-state index < -0.39 is 4.92 Å². The van der Waals surface area contributed by atoms with Crippen LogP contribution in [0.1, 0.15) is 31.2 Å². The summed E-state index contributed by atoms with van der Waals surface area (Å²) in [6.45, 7) is 0.553. The van der Waals surface area contributed by atoms with E-state index in [0.717, 1.165) is 24.1 Å². The highest BCUT2D eigenvalue weighted by molar-refractivity contribution is 5.58. The van der Waals surface area contributed by atoms with Gasteiger partial charge in [-0.05, 0) is 37.3 Å². The number of nitro groups is 1. The summed E-state index contributed by atoms with van der Waals surface area (Å²) >= 11 is 0. The maximum atomic E-state index is 10.9. The van der Waals surface area contributed by atoms with Gasteiger partial charge in [-0.2, -0.15) is 0 Å². The highest BCUT2D eigenvalue weighted by Crippen LogP contribution is 2.30. The van der Waals surface area contributed by atoms with Gasteiger partial charge in [0, 0.05) is 36.6 Å². The van der Waals surface area contributed by atoms with Crippen LogP contribution in [-0.4, -0.2) is 23.1 Å². The van der Waals surface area contributed by atoms with Crippen LogP contribution in [0.2, 0.25) is 0 Å². The Morgan fingerprint density at radius 2 is 2.08 bits per heavy atom. The quantitative estimate of drug-likeness (QED) is 0.605. The van der Waals surface area contributed by atoms with Gasteiger partial charge in [0.05, 0.1) is 12.0 Å². The Hall–Kier alpha value is -2.83. The van der Waals surface area contributed by atoms with Crippen LogP contribution in [0.25, 0.3) is 0 Å². The normalized spacial score (nSPS) is 14.3. The molecule has 0 amide bonds. The van der Waals surface area contributed by atoms with Crippen LogP contribution in [0.3, 0.4) is 0 Å². The maximum absolute atomic E-state index is 10.9. The number of hydrogen-bond acceptors (Lipinski definition) is 6. The average molecular weight is 343 g/mol. The molecular formula is C18H21N3O4. The maximum Gasteiger partial charge on any atom is 0.311 e. The van der Waals surface area contributed by atoms with E-state index in [9.17, 15) is 10.1 Å². The molecule has 1 saturated carbocycles. The SMILES string of the molecule is COc1cc(NCc2ccc(OC3CCCC3)nc2)ccc1[N+](=O)[O-]. The number of nitrogens with one attached hydrogen (secondary N) is 1. The fourth-order valence-corrected chi connectivity index (χ4v) is 2.90. The minimum absolute atomic E-state index is 0.0527. The lowest BCUT2D eigenvalue weighted by Crippen LogP contribution is -2.11. The molecule has 1 aromatic carbocycles. The monoisotopic (exact) mass is 343 g/mol. The van der Waals surface area contributed by atoms with Gasteiger partial charge in [0.1, 0.15) is 6.10 Å². The molecule has 1 aliphatic carbocycles. The van der Waals surface area contributed by atoms with Crippen LogP contribution >= 0.6 is 0 Å². The molecule has 0 saturated heterocycles. The molecule has 3 rings (SSSR count). The molecule has 132 valence electrons. The van der Waals surface area contributed by atoms with E-state index in [1.807, 2.05) is 12.1 Å². The highest BCUT2D eigenvalue weighted by Gasteiger charge is 2.17. The first-order chi connectivity index (χ1) is 12.2. The van der Waals surface area contributed by atoms with Gasteiger partial charge >= 0.3 is 5.69 Å². The second kappa shape index (κ2) is 7.83. The minimum Gasteiger partial charge on any atom is -0.490 e. The Balaban J connectivity index is 1.58. The van der Waals surface area contributed by atoms with Gasteiger partial charge < -0.3 is 14.8 Å². The van der Waals surface area contributed by atoms with Gasteiger partial charge in [0.15, 0.2) is 5.75 Å². The Kier molecular flexibility index (Phi) is 5.33. The molecule has 1 aromatic heterocycles. The van der Waals surface area contributed by atoms with Crippen molar-refractivity contribution in [3.8, 4) is 11.6 Å². The van der Waals surface area contributed by atoms with Gasteiger partial charge in [-0.1, -0.05) is 6.07 Å². The highest BCUT2D eigenvalue weighted by atomic mass is 16.6. The molecule has 0 atom stereocenters. The van der Waals surface area contributed by atoms with Crippen LogP contribution in [0.4, 0.5) is 11.4 Å². The average Bonchev–Trinajstić information content (AvgIpc) is 3.13. The summed E-state index contributed by atoms with van der Waals surface area (Å²) in [6.07, 6.45) is 6.74. The summed E-state index contributed by atoms with van der Waals surface area (Å²) in [5.74, 6) is 0.890. The first-order valence-electron chi connectivity index (χ1n) is 8.33. The summed E-state index contributed by atoms with van der Waals surface area (Å²) < 4.78 is 10.9. The van der Waals surface area contributed by atoms with E-state index in [0.29, 0.717) is 18.5 Å². The predicted octanol–water partition coefficient (Wildman–Crippen LogP) is 3.93. The molecule has 0 spiro atoms. The van der Waals surface area contributed by atoms with E-state index in [1.54, 1.807) is 18.3 Å². The van der Waals surface area contributed by atoms with Crippen molar-refractivity contribution in [2.75, 3.05) is 12.4 Å². The van der Waals surface area contributed by atoms with Gasteiger partial charge in [-0.3, -0.25) is 10.1 Å². The molecule has 0 aliphatic heterocycles. The number of anilines is 1. The molecule has 7 nitrogen and oxygen atoms in total. The van der Waals surface area contributed by atoms with Crippen LogP contribution in [0.15, 0.2) is 36.5 Å². The smallest absolute Gasteiger partial charge is 0.311 e. The number of rotatable bonds is 7. The standard InChI is InChI=1S/C18H21N3O4/c1-24-17-10-14(7-8-16(17)21(22)23)19-11-13-6-9-18(20-12-13)25-15-4-2-3-5-15/h6-10,12,15,19H,2-5,11H2,1H3. The van der Waals surface area contributed by atoms with Crippen LogP contribution < -0.4 is 14.8 Å². The number of pyridine rings is 1. The third kappa shape index (κ3) is 4.37. The van der Waals surface area contributed by atoms with E-state index in [-0.39, 0.29) is 11.4 Å². The zero-order valence-corrected chi connectivity index (χ0v) is 14.1. The van der Waals surface area contributed by atoms with Crippen molar-refractivity contribution in [3.05, 3.63) is 52.2 Å². The summed E-state index contributed by atoms with van der Waals surface area (Å²) in [4.78, 5) is 14.8. The lowest BCUT2D eigenvalue weighted by molar-refractivity contribution is -0.385. The number of hydrogen-bond donors (Lipinski definition) is 1. The molecule has 1 aliphatic rings. The largest absolute Gasteiger partial charge is 0.490 e. The van der Waals surface area contributed by atoms with Gasteiger partial charge in [-0.25, -0.2) is 4.98 Å². The summed E-state index contributed by atoms with van der Waals surface area (Å²) in [6, 6.07) is 8.55. The number of methoxy groups -OCH3 is 1. The molecule has 0 unspecified atom stereocenters. The first-order valence-corrected chi connectivity index (χ1v) is 8.33. The predicted molar refractivity (Wildman–Crippen MR) is 94.1 cm³/mol. The second-order valence-electron chi connectivity index (χ2n) is 6.03. The first kappa shape index (κ1) is 17.0. The van der Waals surface area contributed by atoms with Crippen molar-refractivity contribution in [3.63, 3.8) is 0 Å². The zero-order valence-electron chi connectivity index (χ0n) is 14.1. The lowest BCUT2D eigenvalue weighted by atomic mass is 10.2. The van der Waals surface area contributed by atoms with Crippen LogP contribution in [-0.2, 0) is 6.54 Å². The second-order valence-corrected chi connectivity index (χ2v) is 6.03. The van der Waals surface area contributed by atoms with E-state index in [2.05, 4.69) is 10.3 Å².